The van der Waals surface area contributed by atoms with Crippen molar-refractivity contribution in [1.29, 1.82) is 0 Å². The largest absolute Gasteiger partial charge is 0.497 e. The minimum absolute atomic E-state index is 0.136. The van der Waals surface area contributed by atoms with E-state index in [2.05, 4.69) is 10.6 Å². The van der Waals surface area contributed by atoms with Crippen molar-refractivity contribution in [2.24, 2.45) is 5.73 Å². The summed E-state index contributed by atoms with van der Waals surface area (Å²) in [4.78, 5) is 52.3. The molecule has 0 aliphatic carbocycles. The van der Waals surface area contributed by atoms with Crippen LogP contribution in [0.25, 0.3) is 11.1 Å². The summed E-state index contributed by atoms with van der Waals surface area (Å²) in [5, 5.41) is 14.1. The zero-order valence-electron chi connectivity index (χ0n) is 26.5. The number of amides is 4. The second kappa shape index (κ2) is 14.9. The summed E-state index contributed by atoms with van der Waals surface area (Å²) >= 11 is 6.77. The molecule has 0 unspecified atom stereocenters. The number of nitrogens with two attached hydrogens (primary N) is 1. The molecular formula is C35H36ClN5O7. The van der Waals surface area contributed by atoms with E-state index in [1.165, 1.54) is 7.11 Å². The second-order valence-electron chi connectivity index (χ2n) is 11.2. The number of para-hydroxylation sites is 1. The van der Waals surface area contributed by atoms with Crippen LogP contribution in [0.2, 0.25) is 5.02 Å². The lowest BCUT2D eigenvalue weighted by Gasteiger charge is -2.24. The number of anilines is 1. The van der Waals surface area contributed by atoms with Crippen molar-refractivity contribution < 1.29 is 33.8 Å². The zero-order valence-corrected chi connectivity index (χ0v) is 27.3. The molecule has 4 amide bonds. The summed E-state index contributed by atoms with van der Waals surface area (Å²) in [7, 11) is 3.08. The molecule has 250 valence electrons. The predicted octanol–water partition coefficient (Wildman–Crippen LogP) is 5.06. The average Bonchev–Trinajstić information content (AvgIpc) is 3.39. The summed E-state index contributed by atoms with van der Waals surface area (Å²) in [6, 6.07) is 20.7. The molecule has 3 aromatic carbocycles. The maximum Gasteiger partial charge on any atom is 0.404 e. The molecule has 1 atom stereocenters. The van der Waals surface area contributed by atoms with Crippen molar-refractivity contribution in [3.63, 3.8) is 0 Å². The lowest BCUT2D eigenvalue weighted by atomic mass is 10.0. The molecule has 2 heterocycles. The number of benzene rings is 3. The lowest BCUT2D eigenvalue weighted by Crippen LogP contribution is -2.45. The van der Waals surface area contributed by atoms with Crippen molar-refractivity contribution in [2.75, 3.05) is 25.7 Å². The fourth-order valence-electron chi connectivity index (χ4n) is 5.77. The first-order chi connectivity index (χ1) is 23.1. The summed E-state index contributed by atoms with van der Waals surface area (Å²) in [6.45, 7) is 0.650. The molecule has 13 heteroatoms. The van der Waals surface area contributed by atoms with E-state index in [9.17, 15) is 19.2 Å². The molecule has 0 saturated heterocycles. The number of rotatable bonds is 12. The zero-order chi connectivity index (χ0) is 34.4. The average molecular weight is 674 g/mol. The highest BCUT2D eigenvalue weighted by molar-refractivity contribution is 6.34. The standard InChI is InChI=1S/C35H36ClN5O7/c1-47-24-10-7-9-21(16-24)25-18-31(48-2)26(17-27(25)36)34(44)41-20-23-13-14-30(40(23)19-22-8-3-4-12-29(22)41)33(43)39-28(32(37)42)11-5-6-15-38-35(45)46/h3-4,7-10,12-14,16-18,28,38H,5-6,11,15,19-20H2,1-2H3,(H2,37,42)(H,39,43)(H,45,46)/t28-/m0/s1. The third-order valence-electron chi connectivity index (χ3n) is 8.22. The van der Waals surface area contributed by atoms with Gasteiger partial charge in [0.1, 0.15) is 23.2 Å². The number of ether oxygens (including phenoxy) is 2. The third kappa shape index (κ3) is 7.39. The van der Waals surface area contributed by atoms with E-state index in [0.717, 1.165) is 11.1 Å². The highest BCUT2D eigenvalue weighted by atomic mass is 35.5. The summed E-state index contributed by atoms with van der Waals surface area (Å²) in [5.74, 6) is -0.520. The molecule has 0 saturated carbocycles. The quantitative estimate of drug-likeness (QED) is 0.153. The number of hydrogen-bond donors (Lipinski definition) is 4. The molecule has 48 heavy (non-hydrogen) atoms. The predicted molar refractivity (Wildman–Crippen MR) is 181 cm³/mol. The second-order valence-corrected chi connectivity index (χ2v) is 11.6. The fraction of sp³-hybridized carbons (Fsp3) is 0.257. The SMILES string of the molecule is COc1cccc(-c2cc(OC)c(C(=O)N3Cc4ccc(C(=O)N[C@@H](CCCCNC(=O)O)C(N)=O)n4Cc4ccccc43)cc2Cl)c1. The van der Waals surface area contributed by atoms with Gasteiger partial charge in [0.05, 0.1) is 32.9 Å². The van der Waals surface area contributed by atoms with Crippen molar-refractivity contribution in [1.82, 2.24) is 15.2 Å². The molecule has 1 aromatic heterocycles. The molecule has 0 spiro atoms. The Labute approximate surface area is 282 Å². The maximum atomic E-state index is 14.3. The van der Waals surface area contributed by atoms with Crippen molar-refractivity contribution in [3.8, 4) is 22.6 Å². The highest BCUT2D eigenvalue weighted by Gasteiger charge is 2.30. The van der Waals surface area contributed by atoms with Crippen LogP contribution in [-0.4, -0.2) is 60.3 Å². The number of carboxylic acid groups (broad SMARTS) is 1. The van der Waals surface area contributed by atoms with Gasteiger partial charge in [-0.15, -0.1) is 0 Å². The monoisotopic (exact) mass is 673 g/mol. The number of methoxy groups -OCH3 is 2. The van der Waals surface area contributed by atoms with Crippen LogP contribution < -0.4 is 30.7 Å². The van der Waals surface area contributed by atoms with Crippen LogP contribution in [0.1, 0.15) is 51.4 Å². The Kier molecular flexibility index (Phi) is 10.5. The lowest BCUT2D eigenvalue weighted by molar-refractivity contribution is -0.120. The smallest absolute Gasteiger partial charge is 0.404 e. The summed E-state index contributed by atoms with van der Waals surface area (Å²) in [5.41, 5.74) is 9.79. The van der Waals surface area contributed by atoms with E-state index in [-0.39, 0.29) is 31.0 Å². The molecule has 0 bridgehead atoms. The van der Waals surface area contributed by atoms with Gasteiger partial charge in [-0.2, -0.15) is 0 Å². The number of aromatic nitrogens is 1. The number of fused-ring (bicyclic) bond motifs is 2. The third-order valence-corrected chi connectivity index (χ3v) is 8.54. The summed E-state index contributed by atoms with van der Waals surface area (Å²) < 4.78 is 12.9. The van der Waals surface area contributed by atoms with Crippen LogP contribution in [0.15, 0.2) is 72.8 Å². The van der Waals surface area contributed by atoms with Gasteiger partial charge in [0.15, 0.2) is 0 Å². The molecule has 12 nitrogen and oxygen atoms in total. The molecule has 4 aromatic rings. The molecule has 0 radical (unpaired) electrons. The van der Waals surface area contributed by atoms with Crippen LogP contribution in [0.5, 0.6) is 11.5 Å². The minimum atomic E-state index is -1.13. The van der Waals surface area contributed by atoms with E-state index in [1.54, 1.807) is 36.3 Å². The van der Waals surface area contributed by atoms with Crippen molar-refractivity contribution in [2.45, 2.75) is 38.4 Å². The van der Waals surface area contributed by atoms with Crippen molar-refractivity contribution >= 4 is 41.1 Å². The summed E-state index contributed by atoms with van der Waals surface area (Å²) in [6.07, 6.45) is 0.0733. The van der Waals surface area contributed by atoms with Gasteiger partial charge in [-0.1, -0.05) is 41.9 Å². The number of nitrogens with zero attached hydrogens (tertiary/aromatic N) is 2. The van der Waals surface area contributed by atoms with Gasteiger partial charge in [-0.3, -0.25) is 14.4 Å². The first-order valence-corrected chi connectivity index (χ1v) is 15.7. The number of carbonyl (C=O) groups excluding carboxylic acids is 3. The Morgan fingerprint density at radius 3 is 2.48 bits per heavy atom. The minimum Gasteiger partial charge on any atom is -0.497 e. The van der Waals surface area contributed by atoms with Gasteiger partial charge in [0.25, 0.3) is 11.8 Å². The number of carbonyl (C=O) groups is 4. The van der Waals surface area contributed by atoms with Gasteiger partial charge in [-0.25, -0.2) is 4.79 Å². The number of primary amides is 1. The molecule has 0 fully saturated rings. The Bertz CT molecular complexity index is 1860. The Morgan fingerprint density at radius 2 is 1.75 bits per heavy atom. The van der Waals surface area contributed by atoms with Crippen molar-refractivity contribution in [3.05, 3.63) is 100 Å². The Hall–Kier alpha value is -5.49. The number of unbranched alkanes of at least 4 members (excludes halogenated alkanes) is 1. The topological polar surface area (TPSA) is 165 Å². The van der Waals surface area contributed by atoms with Crippen LogP contribution in [0, 0.1) is 0 Å². The van der Waals surface area contributed by atoms with Gasteiger partial charge in [0, 0.05) is 28.5 Å². The molecule has 5 rings (SSSR count). The molecule has 1 aliphatic heterocycles. The number of nitrogens with one attached hydrogen (secondary N) is 2. The molecule has 1 aliphatic rings. The van der Waals surface area contributed by atoms with E-state index in [0.29, 0.717) is 58.5 Å². The normalized spacial score (nSPS) is 12.6. The van der Waals surface area contributed by atoms with Gasteiger partial charge in [-0.05, 0) is 72.9 Å². The Balaban J connectivity index is 1.42. The Morgan fingerprint density at radius 1 is 0.958 bits per heavy atom. The van der Waals surface area contributed by atoms with Gasteiger partial charge >= 0.3 is 6.09 Å². The van der Waals surface area contributed by atoms with Crippen LogP contribution >= 0.6 is 11.6 Å². The van der Waals surface area contributed by atoms with E-state index in [4.69, 9.17) is 31.9 Å². The van der Waals surface area contributed by atoms with E-state index in [1.807, 2.05) is 53.1 Å². The van der Waals surface area contributed by atoms with Gasteiger partial charge < -0.3 is 40.4 Å². The van der Waals surface area contributed by atoms with Gasteiger partial charge in [0.2, 0.25) is 5.91 Å². The van der Waals surface area contributed by atoms with Crippen LogP contribution in [0.4, 0.5) is 10.5 Å². The number of hydrogen-bond acceptors (Lipinski definition) is 6. The fourth-order valence-corrected chi connectivity index (χ4v) is 6.05. The molecule has 5 N–H and O–H groups in total. The highest BCUT2D eigenvalue weighted by Crippen LogP contribution is 2.38. The van der Waals surface area contributed by atoms with Crippen LogP contribution in [-0.2, 0) is 17.9 Å². The molecular weight excluding hydrogens is 638 g/mol. The van der Waals surface area contributed by atoms with E-state index >= 15 is 0 Å². The first kappa shape index (κ1) is 33.9. The number of halogens is 1. The maximum absolute atomic E-state index is 14.3. The van der Waals surface area contributed by atoms with Crippen LogP contribution in [0.3, 0.4) is 0 Å². The first-order valence-electron chi connectivity index (χ1n) is 15.3. The van der Waals surface area contributed by atoms with E-state index < -0.39 is 23.9 Å².